The van der Waals surface area contributed by atoms with Crippen LogP contribution in [-0.2, 0) is 12.7 Å². The molecule has 4 rings (SSSR count). The zero-order valence-electron chi connectivity index (χ0n) is 17.5. The molecular formula is C22H28F3N5. The molecule has 0 N–H and O–H groups in total. The van der Waals surface area contributed by atoms with Crippen LogP contribution in [-0.4, -0.2) is 45.0 Å². The highest BCUT2D eigenvalue weighted by Crippen LogP contribution is 2.40. The van der Waals surface area contributed by atoms with Crippen molar-refractivity contribution in [1.82, 2.24) is 19.9 Å². The van der Waals surface area contributed by atoms with Gasteiger partial charge >= 0.3 is 6.18 Å². The maximum absolute atomic E-state index is 12.8. The molecule has 4 heterocycles. The van der Waals surface area contributed by atoms with E-state index in [1.54, 1.807) is 0 Å². The molecule has 2 aliphatic heterocycles. The molecule has 0 saturated carbocycles. The predicted octanol–water partition coefficient (Wildman–Crippen LogP) is 4.65. The smallest absolute Gasteiger partial charge is 0.356 e. The van der Waals surface area contributed by atoms with Crippen LogP contribution in [0.2, 0.25) is 0 Å². The molecule has 2 aromatic heterocycles. The largest absolute Gasteiger partial charge is 0.417 e. The number of alkyl halides is 3. The Hall–Kier alpha value is -2.22. The third-order valence-electron chi connectivity index (χ3n) is 6.45. The van der Waals surface area contributed by atoms with E-state index in [1.165, 1.54) is 12.5 Å². The minimum absolute atomic E-state index is 0.152. The van der Waals surface area contributed by atoms with Gasteiger partial charge in [0.1, 0.15) is 11.6 Å². The van der Waals surface area contributed by atoms with Crippen LogP contribution in [0.3, 0.4) is 0 Å². The number of piperidine rings is 1. The zero-order chi connectivity index (χ0) is 21.4. The van der Waals surface area contributed by atoms with E-state index in [1.807, 2.05) is 12.4 Å². The molecule has 5 nitrogen and oxygen atoms in total. The number of halogens is 3. The number of hydrogen-bond acceptors (Lipinski definition) is 5. The van der Waals surface area contributed by atoms with Crippen LogP contribution < -0.4 is 4.90 Å². The first kappa shape index (κ1) is 21.0. The summed E-state index contributed by atoms with van der Waals surface area (Å²) >= 11 is 0. The Balaban J connectivity index is 1.40. The highest BCUT2D eigenvalue weighted by molar-refractivity contribution is 5.40. The van der Waals surface area contributed by atoms with E-state index >= 15 is 0 Å². The molecule has 2 saturated heterocycles. The number of nitrogens with zero attached hydrogens (tertiary/aromatic N) is 5. The monoisotopic (exact) mass is 419 g/mol. The molecule has 2 fully saturated rings. The van der Waals surface area contributed by atoms with Crippen LogP contribution in [0.5, 0.6) is 0 Å². The highest BCUT2D eigenvalue weighted by atomic mass is 19.4. The Labute approximate surface area is 175 Å². The summed E-state index contributed by atoms with van der Waals surface area (Å²) in [5.41, 5.74) is 0.582. The van der Waals surface area contributed by atoms with Gasteiger partial charge in [-0.25, -0.2) is 15.0 Å². The Morgan fingerprint density at radius 3 is 2.23 bits per heavy atom. The number of rotatable bonds is 4. The van der Waals surface area contributed by atoms with E-state index < -0.39 is 11.7 Å². The molecular weight excluding hydrogens is 391 g/mol. The van der Waals surface area contributed by atoms with Gasteiger partial charge in [-0.2, -0.15) is 13.2 Å². The normalized spacial score (nSPS) is 19.7. The fourth-order valence-electron chi connectivity index (χ4n) is 4.67. The molecule has 30 heavy (non-hydrogen) atoms. The molecule has 2 aliphatic rings. The summed E-state index contributed by atoms with van der Waals surface area (Å²) in [5, 5.41) is 0. The van der Waals surface area contributed by atoms with Crippen molar-refractivity contribution in [3.05, 3.63) is 47.7 Å². The van der Waals surface area contributed by atoms with Gasteiger partial charge in [0.25, 0.3) is 0 Å². The Bertz CT molecular complexity index is 841. The van der Waals surface area contributed by atoms with Crippen molar-refractivity contribution in [2.24, 2.45) is 0 Å². The van der Waals surface area contributed by atoms with Crippen LogP contribution in [0.25, 0.3) is 0 Å². The van der Waals surface area contributed by atoms with Gasteiger partial charge in [-0.05, 0) is 44.4 Å². The average molecular weight is 419 g/mol. The molecule has 0 aliphatic carbocycles. The van der Waals surface area contributed by atoms with Crippen LogP contribution in [0.4, 0.5) is 19.0 Å². The molecule has 0 bridgehead atoms. The van der Waals surface area contributed by atoms with Crippen LogP contribution >= 0.6 is 0 Å². The summed E-state index contributed by atoms with van der Waals surface area (Å²) in [4.78, 5) is 17.7. The Kier molecular flexibility index (Phi) is 5.70. The van der Waals surface area contributed by atoms with E-state index in [9.17, 15) is 13.2 Å². The van der Waals surface area contributed by atoms with Crippen molar-refractivity contribution in [2.75, 3.05) is 24.5 Å². The van der Waals surface area contributed by atoms with Crippen LogP contribution in [0.1, 0.15) is 62.4 Å². The zero-order valence-corrected chi connectivity index (χ0v) is 17.5. The second kappa shape index (κ2) is 8.13. The van der Waals surface area contributed by atoms with Crippen molar-refractivity contribution >= 4 is 5.82 Å². The van der Waals surface area contributed by atoms with E-state index in [0.29, 0.717) is 11.7 Å². The SMILES string of the molecule is CC(C)c1ncc(CN2CCCC23CCN(c2ccc(C(F)(F)F)cn2)CC3)cn1. The average Bonchev–Trinajstić information content (AvgIpc) is 3.10. The highest BCUT2D eigenvalue weighted by Gasteiger charge is 2.43. The van der Waals surface area contributed by atoms with Gasteiger partial charge in [-0.3, -0.25) is 4.90 Å². The summed E-state index contributed by atoms with van der Waals surface area (Å²) in [5.74, 6) is 1.81. The van der Waals surface area contributed by atoms with Crippen molar-refractivity contribution in [3.8, 4) is 0 Å². The maximum Gasteiger partial charge on any atom is 0.417 e. The molecule has 0 amide bonds. The number of hydrogen-bond donors (Lipinski definition) is 0. The molecule has 162 valence electrons. The van der Waals surface area contributed by atoms with E-state index in [4.69, 9.17) is 0 Å². The summed E-state index contributed by atoms with van der Waals surface area (Å²) in [7, 11) is 0. The Morgan fingerprint density at radius 1 is 0.967 bits per heavy atom. The first-order chi connectivity index (χ1) is 14.3. The van der Waals surface area contributed by atoms with Crippen molar-refractivity contribution in [1.29, 1.82) is 0 Å². The van der Waals surface area contributed by atoms with Gasteiger partial charge in [0, 0.05) is 55.2 Å². The Morgan fingerprint density at radius 2 is 1.67 bits per heavy atom. The van der Waals surface area contributed by atoms with Gasteiger partial charge in [-0.1, -0.05) is 13.8 Å². The van der Waals surface area contributed by atoms with Crippen molar-refractivity contribution in [2.45, 2.75) is 63.7 Å². The third-order valence-corrected chi connectivity index (χ3v) is 6.45. The molecule has 0 unspecified atom stereocenters. The fraction of sp³-hybridized carbons (Fsp3) is 0.591. The predicted molar refractivity (Wildman–Crippen MR) is 109 cm³/mol. The van der Waals surface area contributed by atoms with Gasteiger partial charge < -0.3 is 4.90 Å². The number of anilines is 1. The van der Waals surface area contributed by atoms with Crippen molar-refractivity contribution in [3.63, 3.8) is 0 Å². The number of likely N-dealkylation sites (tertiary alicyclic amines) is 1. The van der Waals surface area contributed by atoms with Crippen LogP contribution in [0, 0.1) is 0 Å². The maximum atomic E-state index is 12.8. The lowest BCUT2D eigenvalue weighted by atomic mass is 9.84. The third kappa shape index (κ3) is 4.29. The quantitative estimate of drug-likeness (QED) is 0.722. The molecule has 0 radical (unpaired) electrons. The van der Waals surface area contributed by atoms with E-state index in [0.717, 1.165) is 69.1 Å². The molecule has 2 aromatic rings. The first-order valence-electron chi connectivity index (χ1n) is 10.6. The summed E-state index contributed by atoms with van der Waals surface area (Å²) in [6.07, 6.45) is 4.77. The summed E-state index contributed by atoms with van der Waals surface area (Å²) in [6, 6.07) is 2.61. The lowest BCUT2D eigenvalue weighted by molar-refractivity contribution is -0.137. The van der Waals surface area contributed by atoms with Crippen molar-refractivity contribution < 1.29 is 13.2 Å². The standard InChI is InChI=1S/C22H28F3N5/c1-16(2)20-27-12-17(13-28-20)15-30-9-3-6-21(30)7-10-29(11-8-21)19-5-4-18(14-26-19)22(23,24)25/h4-5,12-14,16H,3,6-11,15H2,1-2H3. The number of aromatic nitrogens is 3. The fourth-order valence-corrected chi connectivity index (χ4v) is 4.67. The molecule has 1 spiro atoms. The molecule has 0 aromatic carbocycles. The second-order valence-corrected chi connectivity index (χ2v) is 8.74. The topological polar surface area (TPSA) is 45.2 Å². The van der Waals surface area contributed by atoms with E-state index in [2.05, 4.69) is 38.6 Å². The minimum atomic E-state index is -4.35. The van der Waals surface area contributed by atoms with Gasteiger partial charge in [-0.15, -0.1) is 0 Å². The summed E-state index contributed by atoms with van der Waals surface area (Å²) < 4.78 is 38.3. The summed E-state index contributed by atoms with van der Waals surface area (Å²) in [6.45, 7) is 7.68. The van der Waals surface area contributed by atoms with Gasteiger partial charge in [0.05, 0.1) is 5.56 Å². The molecule has 8 heteroatoms. The lowest BCUT2D eigenvalue weighted by Crippen LogP contribution is -2.52. The molecule has 0 atom stereocenters. The number of pyridine rings is 1. The van der Waals surface area contributed by atoms with E-state index in [-0.39, 0.29) is 5.54 Å². The van der Waals surface area contributed by atoms with Gasteiger partial charge in [0.15, 0.2) is 0 Å². The first-order valence-corrected chi connectivity index (χ1v) is 10.6. The van der Waals surface area contributed by atoms with Crippen LogP contribution in [0.15, 0.2) is 30.7 Å². The lowest BCUT2D eigenvalue weighted by Gasteiger charge is -2.45. The minimum Gasteiger partial charge on any atom is -0.356 e. The second-order valence-electron chi connectivity index (χ2n) is 8.74. The van der Waals surface area contributed by atoms with Gasteiger partial charge in [0.2, 0.25) is 0 Å².